The highest BCUT2D eigenvalue weighted by Crippen LogP contribution is 2.38. The van der Waals surface area contributed by atoms with Crippen LogP contribution in [0.3, 0.4) is 0 Å². The molecule has 0 bridgehead atoms. The number of hydrogen-bond donors (Lipinski definition) is 0. The fraction of sp³-hybridized carbons (Fsp3) is 0.649. The van der Waals surface area contributed by atoms with E-state index in [0.29, 0.717) is 23.9 Å². The number of carbonyl (C=O) groups is 2. The number of likely N-dealkylation sites (N-methyl/N-ethyl adjacent to an activating group) is 1. The molecular formula is C74H124NO8P. The van der Waals surface area contributed by atoms with Gasteiger partial charge in [0.05, 0.1) is 27.7 Å². The van der Waals surface area contributed by atoms with Crippen LogP contribution in [0.4, 0.5) is 0 Å². The van der Waals surface area contributed by atoms with Crippen molar-refractivity contribution >= 4 is 19.8 Å². The third kappa shape index (κ3) is 67.0. The molecule has 0 heterocycles. The van der Waals surface area contributed by atoms with Crippen molar-refractivity contribution in [3.8, 4) is 0 Å². The second kappa shape index (κ2) is 63.4. The summed E-state index contributed by atoms with van der Waals surface area (Å²) in [5.74, 6) is -0.848. The SMILES string of the molecule is CC/C=C\C/C=C\C/C=C\C/C=C\C/C=C\C/C=C\CCCCCCCCCCCCCCCCC(=O)OC(COC(=O)CCCCCCCCCC/C=C\C/C=C\C/C=C\C/C=C\C/C=C\C/C=C\CC)COP(=O)([O-])OCC[N+](C)(C)C. The molecule has 0 aliphatic rings. The molecule has 2 unspecified atom stereocenters. The first-order valence-electron chi connectivity index (χ1n) is 33.5. The van der Waals surface area contributed by atoms with Crippen molar-refractivity contribution in [3.63, 3.8) is 0 Å². The van der Waals surface area contributed by atoms with Crippen LogP contribution in [0.25, 0.3) is 0 Å². The second-order valence-electron chi connectivity index (χ2n) is 23.1. The quantitative estimate of drug-likeness (QED) is 0.0195. The summed E-state index contributed by atoms with van der Waals surface area (Å²) >= 11 is 0. The van der Waals surface area contributed by atoms with Gasteiger partial charge < -0.3 is 27.9 Å². The lowest BCUT2D eigenvalue weighted by Gasteiger charge is -2.28. The number of phosphoric acid groups is 1. The van der Waals surface area contributed by atoms with Gasteiger partial charge >= 0.3 is 11.9 Å². The van der Waals surface area contributed by atoms with Crippen LogP contribution in [0.5, 0.6) is 0 Å². The molecule has 0 aromatic heterocycles. The minimum absolute atomic E-state index is 0.0392. The molecule has 0 amide bonds. The summed E-state index contributed by atoms with van der Waals surface area (Å²) in [4.78, 5) is 38.0. The summed E-state index contributed by atoms with van der Waals surface area (Å²) in [6.07, 6.45) is 93.3. The Kier molecular flexibility index (Phi) is 60.3. The smallest absolute Gasteiger partial charge is 0.306 e. The zero-order valence-corrected chi connectivity index (χ0v) is 55.2. The van der Waals surface area contributed by atoms with E-state index in [1.807, 2.05) is 21.1 Å². The minimum Gasteiger partial charge on any atom is -0.756 e. The fourth-order valence-electron chi connectivity index (χ4n) is 8.78. The molecule has 0 aromatic rings. The van der Waals surface area contributed by atoms with E-state index in [2.05, 4.69) is 160 Å². The number of quaternary nitrogens is 1. The van der Waals surface area contributed by atoms with Gasteiger partial charge in [0.2, 0.25) is 0 Å². The van der Waals surface area contributed by atoms with Gasteiger partial charge in [-0.1, -0.05) is 275 Å². The molecular weight excluding hydrogens is 1060 g/mol. The van der Waals surface area contributed by atoms with Crippen LogP contribution < -0.4 is 4.89 Å². The van der Waals surface area contributed by atoms with Crippen molar-refractivity contribution in [1.29, 1.82) is 0 Å². The third-order valence-corrected chi connectivity index (χ3v) is 14.8. The van der Waals surface area contributed by atoms with Crippen LogP contribution in [-0.4, -0.2) is 70.0 Å². The Labute approximate surface area is 516 Å². The van der Waals surface area contributed by atoms with Crippen LogP contribution in [0, 0.1) is 0 Å². The Morgan fingerprint density at radius 1 is 0.369 bits per heavy atom. The van der Waals surface area contributed by atoms with E-state index in [9.17, 15) is 19.0 Å². The topological polar surface area (TPSA) is 111 Å². The van der Waals surface area contributed by atoms with Crippen molar-refractivity contribution < 1.29 is 42.1 Å². The number of phosphoric ester groups is 1. The molecule has 0 spiro atoms. The number of carbonyl (C=O) groups excluding carboxylic acids is 2. The highest BCUT2D eigenvalue weighted by Gasteiger charge is 2.22. The highest BCUT2D eigenvalue weighted by molar-refractivity contribution is 7.45. The summed E-state index contributed by atoms with van der Waals surface area (Å²) in [6.45, 7) is 4.00. The average molecular weight is 1190 g/mol. The largest absolute Gasteiger partial charge is 0.756 e. The maximum absolute atomic E-state index is 12.9. The van der Waals surface area contributed by atoms with E-state index in [4.69, 9.17) is 18.5 Å². The van der Waals surface area contributed by atoms with Gasteiger partial charge in [0.1, 0.15) is 19.8 Å². The van der Waals surface area contributed by atoms with E-state index in [1.54, 1.807) is 0 Å². The van der Waals surface area contributed by atoms with Gasteiger partial charge in [-0.2, -0.15) is 0 Å². The van der Waals surface area contributed by atoms with Crippen LogP contribution in [0.2, 0.25) is 0 Å². The molecule has 2 atom stereocenters. The van der Waals surface area contributed by atoms with Gasteiger partial charge in [0, 0.05) is 12.8 Å². The number of hydrogen-bond acceptors (Lipinski definition) is 8. The van der Waals surface area contributed by atoms with Crippen molar-refractivity contribution in [2.75, 3.05) is 47.5 Å². The van der Waals surface area contributed by atoms with Crippen LogP contribution in [0.15, 0.2) is 146 Å². The fourth-order valence-corrected chi connectivity index (χ4v) is 9.51. The Balaban J connectivity index is 4.13. The van der Waals surface area contributed by atoms with Gasteiger partial charge in [-0.05, 0) is 116 Å². The average Bonchev–Trinajstić information content (AvgIpc) is 3.61. The molecule has 0 rings (SSSR count). The maximum Gasteiger partial charge on any atom is 0.306 e. The zero-order chi connectivity index (χ0) is 61.2. The summed E-state index contributed by atoms with van der Waals surface area (Å²) in [5, 5.41) is 0. The van der Waals surface area contributed by atoms with Gasteiger partial charge in [-0.3, -0.25) is 14.2 Å². The second-order valence-corrected chi connectivity index (χ2v) is 24.5. The Morgan fingerprint density at radius 3 is 0.952 bits per heavy atom. The molecule has 84 heavy (non-hydrogen) atoms. The number of rotatable bonds is 60. The molecule has 478 valence electrons. The third-order valence-electron chi connectivity index (χ3n) is 13.9. The molecule has 0 saturated heterocycles. The summed E-state index contributed by atoms with van der Waals surface area (Å²) in [7, 11) is 1.15. The monoisotopic (exact) mass is 1190 g/mol. The zero-order valence-electron chi connectivity index (χ0n) is 54.3. The van der Waals surface area contributed by atoms with Crippen molar-refractivity contribution in [3.05, 3.63) is 146 Å². The first kappa shape index (κ1) is 79.9. The molecule has 9 nitrogen and oxygen atoms in total. The van der Waals surface area contributed by atoms with E-state index in [0.717, 1.165) is 122 Å². The lowest BCUT2D eigenvalue weighted by atomic mass is 10.0. The Hall–Kier alpha value is -4.11. The summed E-state index contributed by atoms with van der Waals surface area (Å²) in [5.41, 5.74) is 0. The number of ether oxygens (including phenoxy) is 2. The normalized spacial score (nSPS) is 14.1. The Bertz CT molecular complexity index is 1930. The van der Waals surface area contributed by atoms with Crippen molar-refractivity contribution in [2.45, 2.75) is 264 Å². The van der Waals surface area contributed by atoms with Gasteiger partial charge in [-0.25, -0.2) is 0 Å². The number of unbranched alkanes of at least 4 members (excludes halogenated alkanes) is 22. The Morgan fingerprint density at radius 2 is 0.643 bits per heavy atom. The van der Waals surface area contributed by atoms with Gasteiger partial charge in [-0.15, -0.1) is 0 Å². The number of allylic oxidation sites excluding steroid dienone is 24. The highest BCUT2D eigenvalue weighted by atomic mass is 31.2. The van der Waals surface area contributed by atoms with Gasteiger partial charge in [0.25, 0.3) is 7.82 Å². The van der Waals surface area contributed by atoms with E-state index in [1.165, 1.54) is 96.3 Å². The molecule has 0 radical (unpaired) electrons. The van der Waals surface area contributed by atoms with Crippen LogP contribution in [-0.2, 0) is 32.7 Å². The van der Waals surface area contributed by atoms with E-state index >= 15 is 0 Å². The van der Waals surface area contributed by atoms with E-state index < -0.39 is 32.5 Å². The molecule has 0 N–H and O–H groups in total. The molecule has 0 aliphatic carbocycles. The summed E-state index contributed by atoms with van der Waals surface area (Å²) < 4.78 is 34.3. The van der Waals surface area contributed by atoms with Crippen LogP contribution in [0.1, 0.15) is 258 Å². The standard InChI is InChI=1S/C74H124NO8P/c1-6-8-10-12-14-16-18-20-22-24-26-28-30-32-34-35-36-37-38-39-41-43-45-47-49-51-53-55-57-59-61-63-65-67-74(77)83-72(71-82-84(78,79)81-69-68-75(3,4)5)70-80-73(76)66-64-62-60-58-56-54-52-50-48-46-44-42-40-33-31-29-27-25-23-21-19-17-15-13-11-9-7-2/h8-11,14-17,20-23,26-29,32-34,36-37,40,44,46,72H,6-7,12-13,18-19,24-25,30-31,35,38-39,41-43,45,47-71H2,1-5H3/b10-8-,11-9-,16-14-,17-15-,22-20-,23-21-,28-26-,29-27-,34-32-,37-36-,40-33-,46-44-. The van der Waals surface area contributed by atoms with Crippen LogP contribution >= 0.6 is 7.82 Å². The van der Waals surface area contributed by atoms with Crippen molar-refractivity contribution in [1.82, 2.24) is 0 Å². The van der Waals surface area contributed by atoms with E-state index in [-0.39, 0.29) is 26.1 Å². The molecule has 0 aromatic carbocycles. The maximum atomic E-state index is 12.9. The first-order chi connectivity index (χ1) is 41.0. The lowest BCUT2D eigenvalue weighted by Crippen LogP contribution is -2.37. The first-order valence-corrected chi connectivity index (χ1v) is 35.0. The molecule has 0 saturated carbocycles. The molecule has 0 aliphatic heterocycles. The predicted molar refractivity (Wildman–Crippen MR) is 360 cm³/mol. The summed E-state index contributed by atoms with van der Waals surface area (Å²) in [6, 6.07) is 0. The minimum atomic E-state index is -4.65. The number of nitrogens with zero attached hydrogens (tertiary/aromatic N) is 1. The lowest BCUT2D eigenvalue weighted by molar-refractivity contribution is -0.870. The predicted octanol–water partition coefficient (Wildman–Crippen LogP) is 21.2. The number of esters is 2. The molecule has 0 fully saturated rings. The van der Waals surface area contributed by atoms with Gasteiger partial charge in [0.15, 0.2) is 6.10 Å². The molecule has 10 heteroatoms. The van der Waals surface area contributed by atoms with Crippen molar-refractivity contribution in [2.24, 2.45) is 0 Å².